The van der Waals surface area contributed by atoms with Crippen LogP contribution < -0.4 is 10.1 Å². The summed E-state index contributed by atoms with van der Waals surface area (Å²) in [5, 5.41) is 11.5. The molecule has 0 bridgehead atoms. The van der Waals surface area contributed by atoms with Crippen molar-refractivity contribution in [3.63, 3.8) is 0 Å². The minimum Gasteiger partial charge on any atom is -0.497 e. The number of carboxylic acids is 1. The number of unbranched alkanes of at least 4 members (excludes halogenated alkanes) is 2. The zero-order chi connectivity index (χ0) is 20.6. The van der Waals surface area contributed by atoms with Crippen LogP contribution in [0.3, 0.4) is 0 Å². The molecule has 8 nitrogen and oxygen atoms in total. The van der Waals surface area contributed by atoms with Gasteiger partial charge in [-0.25, -0.2) is 8.42 Å². The highest BCUT2D eigenvalue weighted by molar-refractivity contribution is 7.89. The van der Waals surface area contributed by atoms with Gasteiger partial charge in [-0.05, 0) is 49.9 Å². The monoisotopic (exact) mass is 412 g/mol. The van der Waals surface area contributed by atoms with Crippen LogP contribution in [-0.4, -0.2) is 56.5 Å². The fourth-order valence-electron chi connectivity index (χ4n) is 3.19. The summed E-state index contributed by atoms with van der Waals surface area (Å²) in [6, 6.07) is 6.28. The number of ether oxygens (including phenoxy) is 1. The first kappa shape index (κ1) is 22.2. The first-order valence-electron chi connectivity index (χ1n) is 9.48. The Balaban J connectivity index is 1.76. The summed E-state index contributed by atoms with van der Waals surface area (Å²) in [5.74, 6) is -0.459. The maximum absolute atomic E-state index is 12.7. The molecule has 1 aliphatic heterocycles. The standard InChI is InChI=1S/C19H28N2O6S/c1-27-16-6-8-17(9-7-16)28(25,26)21-13-10-15(11-14-21)19(24)20-12-4-2-3-5-18(22)23/h6-9,15H,2-5,10-14H2,1H3,(H,20,24)(H,22,23). The minimum atomic E-state index is -3.57. The van der Waals surface area contributed by atoms with Crippen LogP contribution in [0.5, 0.6) is 5.75 Å². The van der Waals surface area contributed by atoms with Gasteiger partial charge in [0.25, 0.3) is 0 Å². The van der Waals surface area contributed by atoms with Crippen molar-refractivity contribution in [2.45, 2.75) is 43.4 Å². The van der Waals surface area contributed by atoms with Crippen LogP contribution in [0.4, 0.5) is 0 Å². The zero-order valence-corrected chi connectivity index (χ0v) is 16.9. The van der Waals surface area contributed by atoms with Crippen LogP contribution in [0.25, 0.3) is 0 Å². The Morgan fingerprint density at radius 2 is 1.79 bits per heavy atom. The number of carbonyl (C=O) groups excluding carboxylic acids is 1. The molecular weight excluding hydrogens is 384 g/mol. The van der Waals surface area contributed by atoms with E-state index in [9.17, 15) is 18.0 Å². The molecule has 1 aliphatic rings. The van der Waals surface area contributed by atoms with Gasteiger partial charge in [0.05, 0.1) is 12.0 Å². The lowest BCUT2D eigenvalue weighted by Crippen LogP contribution is -2.43. The molecule has 0 atom stereocenters. The van der Waals surface area contributed by atoms with Crippen molar-refractivity contribution in [2.24, 2.45) is 5.92 Å². The summed E-state index contributed by atoms with van der Waals surface area (Å²) in [6.45, 7) is 1.14. The fraction of sp³-hybridized carbons (Fsp3) is 0.579. The molecule has 1 fully saturated rings. The third kappa shape index (κ3) is 6.20. The number of piperidine rings is 1. The van der Waals surface area contributed by atoms with Gasteiger partial charge in [-0.1, -0.05) is 6.42 Å². The van der Waals surface area contributed by atoms with Gasteiger partial charge in [0.1, 0.15) is 5.75 Å². The van der Waals surface area contributed by atoms with Crippen molar-refractivity contribution in [3.8, 4) is 5.75 Å². The molecule has 0 unspecified atom stereocenters. The molecule has 1 aromatic rings. The van der Waals surface area contributed by atoms with Gasteiger partial charge < -0.3 is 15.2 Å². The van der Waals surface area contributed by atoms with Gasteiger partial charge in [-0.2, -0.15) is 4.31 Å². The predicted molar refractivity (Wildman–Crippen MR) is 104 cm³/mol. The predicted octanol–water partition coefficient (Wildman–Crippen LogP) is 1.86. The molecule has 1 saturated heterocycles. The SMILES string of the molecule is COc1ccc(S(=O)(=O)N2CCC(C(=O)NCCCCCC(=O)O)CC2)cc1. The molecule has 0 saturated carbocycles. The number of benzene rings is 1. The molecule has 0 aromatic heterocycles. The largest absolute Gasteiger partial charge is 0.497 e. The topological polar surface area (TPSA) is 113 Å². The van der Waals surface area contributed by atoms with E-state index in [2.05, 4.69) is 5.32 Å². The van der Waals surface area contributed by atoms with E-state index in [0.717, 1.165) is 12.8 Å². The van der Waals surface area contributed by atoms with Gasteiger partial charge in [0, 0.05) is 32.0 Å². The summed E-state index contributed by atoms with van der Waals surface area (Å²) >= 11 is 0. The Bertz CT molecular complexity index is 755. The van der Waals surface area contributed by atoms with E-state index in [0.29, 0.717) is 44.6 Å². The third-order valence-corrected chi connectivity index (χ3v) is 6.80. The second-order valence-corrected chi connectivity index (χ2v) is 8.79. The molecular formula is C19H28N2O6S. The second kappa shape index (κ2) is 10.4. The van der Waals surface area contributed by atoms with Crippen molar-refractivity contribution >= 4 is 21.9 Å². The Hall–Kier alpha value is -2.13. The summed E-state index contributed by atoms with van der Waals surface area (Å²) in [4.78, 5) is 22.9. The van der Waals surface area contributed by atoms with Crippen molar-refractivity contribution < 1.29 is 27.9 Å². The summed E-state index contributed by atoms with van der Waals surface area (Å²) in [6.07, 6.45) is 3.22. The maximum Gasteiger partial charge on any atom is 0.303 e. The first-order valence-corrected chi connectivity index (χ1v) is 10.9. The number of nitrogens with zero attached hydrogens (tertiary/aromatic N) is 1. The van der Waals surface area contributed by atoms with Crippen molar-refractivity contribution in [1.82, 2.24) is 9.62 Å². The highest BCUT2D eigenvalue weighted by Crippen LogP contribution is 2.25. The molecule has 1 aromatic carbocycles. The van der Waals surface area contributed by atoms with Crippen LogP contribution >= 0.6 is 0 Å². The number of sulfonamides is 1. The number of rotatable bonds is 10. The van der Waals surface area contributed by atoms with Gasteiger partial charge in [-0.3, -0.25) is 9.59 Å². The van der Waals surface area contributed by atoms with E-state index in [1.165, 1.54) is 23.5 Å². The molecule has 28 heavy (non-hydrogen) atoms. The van der Waals surface area contributed by atoms with Crippen LogP contribution in [0.2, 0.25) is 0 Å². The van der Waals surface area contributed by atoms with E-state index in [4.69, 9.17) is 9.84 Å². The number of methoxy groups -OCH3 is 1. The third-order valence-electron chi connectivity index (χ3n) is 4.89. The van der Waals surface area contributed by atoms with Crippen LogP contribution in [0.1, 0.15) is 38.5 Å². The molecule has 0 radical (unpaired) electrons. The lowest BCUT2D eigenvalue weighted by Gasteiger charge is -2.30. The van der Waals surface area contributed by atoms with E-state index < -0.39 is 16.0 Å². The first-order chi connectivity index (χ1) is 13.3. The number of hydrogen-bond donors (Lipinski definition) is 2. The smallest absolute Gasteiger partial charge is 0.303 e. The highest BCUT2D eigenvalue weighted by atomic mass is 32.2. The number of hydrogen-bond acceptors (Lipinski definition) is 5. The summed E-state index contributed by atoms with van der Waals surface area (Å²) in [7, 11) is -2.05. The molecule has 2 N–H and O–H groups in total. The Morgan fingerprint density at radius 3 is 2.36 bits per heavy atom. The van der Waals surface area contributed by atoms with E-state index in [-0.39, 0.29) is 23.1 Å². The van der Waals surface area contributed by atoms with Gasteiger partial charge >= 0.3 is 5.97 Å². The zero-order valence-electron chi connectivity index (χ0n) is 16.1. The van der Waals surface area contributed by atoms with Crippen molar-refractivity contribution in [2.75, 3.05) is 26.7 Å². The fourth-order valence-corrected chi connectivity index (χ4v) is 4.66. The number of carboxylic acid groups (broad SMARTS) is 1. The number of carbonyl (C=O) groups is 2. The number of nitrogens with one attached hydrogen (secondary N) is 1. The van der Waals surface area contributed by atoms with E-state index in [1.807, 2.05) is 0 Å². The van der Waals surface area contributed by atoms with Crippen LogP contribution in [0, 0.1) is 5.92 Å². The van der Waals surface area contributed by atoms with Gasteiger partial charge in [-0.15, -0.1) is 0 Å². The normalized spacial score (nSPS) is 15.9. The molecule has 0 spiro atoms. The van der Waals surface area contributed by atoms with E-state index in [1.54, 1.807) is 12.1 Å². The molecule has 9 heteroatoms. The maximum atomic E-state index is 12.7. The van der Waals surface area contributed by atoms with E-state index >= 15 is 0 Å². The lowest BCUT2D eigenvalue weighted by atomic mass is 9.97. The van der Waals surface area contributed by atoms with Crippen molar-refractivity contribution in [1.29, 1.82) is 0 Å². The molecule has 0 aliphatic carbocycles. The molecule has 156 valence electrons. The Kier molecular flexibility index (Phi) is 8.25. The molecule has 2 rings (SSSR count). The minimum absolute atomic E-state index is 0.0558. The lowest BCUT2D eigenvalue weighted by molar-refractivity contribution is -0.137. The number of aliphatic carboxylic acids is 1. The quantitative estimate of drug-likeness (QED) is 0.567. The molecule has 1 heterocycles. The Morgan fingerprint density at radius 1 is 1.14 bits per heavy atom. The van der Waals surface area contributed by atoms with Gasteiger partial charge in [0.15, 0.2) is 0 Å². The summed E-state index contributed by atoms with van der Waals surface area (Å²) in [5.41, 5.74) is 0. The van der Waals surface area contributed by atoms with Gasteiger partial charge in [0.2, 0.25) is 15.9 Å². The highest BCUT2D eigenvalue weighted by Gasteiger charge is 2.31. The van der Waals surface area contributed by atoms with Crippen LogP contribution in [-0.2, 0) is 19.6 Å². The van der Waals surface area contributed by atoms with Crippen LogP contribution in [0.15, 0.2) is 29.2 Å². The summed E-state index contributed by atoms with van der Waals surface area (Å²) < 4.78 is 31.9. The van der Waals surface area contributed by atoms with Crippen molar-refractivity contribution in [3.05, 3.63) is 24.3 Å². The second-order valence-electron chi connectivity index (χ2n) is 6.85. The Labute approximate surface area is 165 Å². The average Bonchev–Trinajstić information content (AvgIpc) is 2.70. The average molecular weight is 413 g/mol. The molecule has 1 amide bonds. The number of amides is 1.